The van der Waals surface area contributed by atoms with E-state index in [1.807, 2.05) is 0 Å². The molecule has 1 heterocycles. The quantitative estimate of drug-likeness (QED) is 0.674. The summed E-state index contributed by atoms with van der Waals surface area (Å²) in [6.07, 6.45) is 1.58. The van der Waals surface area contributed by atoms with Gasteiger partial charge in [-0.15, -0.1) is 0 Å². The Hall–Kier alpha value is -2.02. The number of halogens is 1. The van der Waals surface area contributed by atoms with Crippen molar-refractivity contribution < 1.29 is 19.1 Å². The van der Waals surface area contributed by atoms with E-state index in [-0.39, 0.29) is 11.6 Å². The van der Waals surface area contributed by atoms with Crippen LogP contribution in [-0.4, -0.2) is 38.1 Å². The third kappa shape index (κ3) is 2.49. The minimum atomic E-state index is -0.444. The summed E-state index contributed by atoms with van der Waals surface area (Å²) in [5, 5.41) is 2.50. The zero-order valence-corrected chi connectivity index (χ0v) is 12.8. The number of benzene rings is 1. The summed E-state index contributed by atoms with van der Waals surface area (Å²) in [5.74, 6) is 0.716. The molecule has 1 fully saturated rings. The highest BCUT2D eigenvalue weighted by atomic mass is 79.9. The SMILES string of the molecule is COc1cc(/C=C2\NC(=O)N(C)C2=O)cc(Br)c1OC. The van der Waals surface area contributed by atoms with Crippen molar-refractivity contribution in [3.8, 4) is 11.5 Å². The van der Waals surface area contributed by atoms with Gasteiger partial charge in [0.25, 0.3) is 5.91 Å². The molecule has 1 aromatic rings. The highest BCUT2D eigenvalue weighted by molar-refractivity contribution is 9.10. The van der Waals surface area contributed by atoms with Gasteiger partial charge in [0.05, 0.1) is 18.7 Å². The van der Waals surface area contributed by atoms with Crippen LogP contribution in [0.25, 0.3) is 6.08 Å². The summed E-state index contributed by atoms with van der Waals surface area (Å²) in [5.41, 5.74) is 0.921. The molecule has 0 aliphatic carbocycles. The Morgan fingerprint density at radius 1 is 1.25 bits per heavy atom. The summed E-state index contributed by atoms with van der Waals surface area (Å²) >= 11 is 3.37. The van der Waals surface area contributed by atoms with Crippen LogP contribution in [0.3, 0.4) is 0 Å². The molecule has 0 aromatic heterocycles. The summed E-state index contributed by atoms with van der Waals surface area (Å²) in [6.45, 7) is 0. The molecule has 0 radical (unpaired) electrons. The Labute approximate surface area is 124 Å². The molecule has 1 N–H and O–H groups in total. The number of imide groups is 1. The number of carbonyl (C=O) groups is 2. The molecule has 2 rings (SSSR count). The minimum absolute atomic E-state index is 0.219. The third-order valence-electron chi connectivity index (χ3n) is 2.85. The smallest absolute Gasteiger partial charge is 0.328 e. The molecule has 0 unspecified atom stereocenters. The fourth-order valence-corrected chi connectivity index (χ4v) is 2.43. The van der Waals surface area contributed by atoms with Crippen molar-refractivity contribution in [3.63, 3.8) is 0 Å². The van der Waals surface area contributed by atoms with Crippen LogP contribution in [0.1, 0.15) is 5.56 Å². The number of urea groups is 1. The van der Waals surface area contributed by atoms with E-state index in [0.29, 0.717) is 21.5 Å². The summed E-state index contributed by atoms with van der Waals surface area (Å²) < 4.78 is 11.1. The zero-order valence-electron chi connectivity index (χ0n) is 11.2. The predicted molar refractivity (Wildman–Crippen MR) is 76.5 cm³/mol. The molecule has 3 amide bonds. The third-order valence-corrected chi connectivity index (χ3v) is 3.44. The van der Waals surface area contributed by atoms with Gasteiger partial charge in [-0.25, -0.2) is 4.79 Å². The normalized spacial score (nSPS) is 16.6. The van der Waals surface area contributed by atoms with Crippen LogP contribution in [0.4, 0.5) is 4.79 Å². The molecular formula is C13H13BrN2O4. The molecule has 1 saturated heterocycles. The first-order chi connectivity index (χ1) is 9.47. The first kappa shape index (κ1) is 14.4. The number of likely N-dealkylation sites (N-methyl/N-ethyl adjacent to an activating group) is 1. The number of amides is 3. The molecule has 6 nitrogen and oxygen atoms in total. The molecular weight excluding hydrogens is 328 g/mol. The maximum absolute atomic E-state index is 11.8. The molecule has 20 heavy (non-hydrogen) atoms. The predicted octanol–water partition coefficient (Wildman–Crippen LogP) is 1.99. The number of hydrogen-bond donors (Lipinski definition) is 1. The number of carbonyl (C=O) groups excluding carboxylic acids is 2. The van der Waals surface area contributed by atoms with E-state index in [1.54, 1.807) is 18.2 Å². The molecule has 1 aromatic carbocycles. The highest BCUT2D eigenvalue weighted by Crippen LogP contribution is 2.36. The van der Waals surface area contributed by atoms with Crippen molar-refractivity contribution in [2.75, 3.05) is 21.3 Å². The first-order valence-corrected chi connectivity index (χ1v) is 6.49. The van der Waals surface area contributed by atoms with Gasteiger partial charge in [-0.2, -0.15) is 0 Å². The van der Waals surface area contributed by atoms with E-state index in [0.717, 1.165) is 4.90 Å². The first-order valence-electron chi connectivity index (χ1n) is 5.70. The van der Waals surface area contributed by atoms with Gasteiger partial charge in [0, 0.05) is 7.05 Å². The summed E-state index contributed by atoms with van der Waals surface area (Å²) in [6, 6.07) is 3.04. The van der Waals surface area contributed by atoms with Gasteiger partial charge in [-0.1, -0.05) is 0 Å². The van der Waals surface area contributed by atoms with Gasteiger partial charge in [0.2, 0.25) is 0 Å². The van der Waals surface area contributed by atoms with Gasteiger partial charge >= 0.3 is 6.03 Å². The summed E-state index contributed by atoms with van der Waals surface area (Å²) in [7, 11) is 4.48. The number of hydrogen-bond acceptors (Lipinski definition) is 4. The summed E-state index contributed by atoms with van der Waals surface area (Å²) in [4.78, 5) is 24.2. The standard InChI is InChI=1S/C13H13BrN2O4/c1-16-12(17)9(15-13(16)18)5-7-4-8(14)11(20-3)10(6-7)19-2/h4-6H,1-3H3,(H,15,18)/b9-5-. The van der Waals surface area contributed by atoms with Gasteiger partial charge in [-0.05, 0) is 39.7 Å². The molecule has 0 saturated carbocycles. The van der Waals surface area contributed by atoms with E-state index in [4.69, 9.17) is 9.47 Å². The van der Waals surface area contributed by atoms with Crippen molar-refractivity contribution in [2.24, 2.45) is 0 Å². The van der Waals surface area contributed by atoms with Crippen molar-refractivity contribution in [1.82, 2.24) is 10.2 Å². The van der Waals surface area contributed by atoms with Crippen LogP contribution < -0.4 is 14.8 Å². The Morgan fingerprint density at radius 2 is 1.95 bits per heavy atom. The number of methoxy groups -OCH3 is 2. The maximum Gasteiger partial charge on any atom is 0.328 e. The highest BCUT2D eigenvalue weighted by Gasteiger charge is 2.30. The second-order valence-electron chi connectivity index (χ2n) is 4.09. The fourth-order valence-electron chi connectivity index (χ4n) is 1.81. The van der Waals surface area contributed by atoms with Crippen LogP contribution in [0, 0.1) is 0 Å². The minimum Gasteiger partial charge on any atom is -0.493 e. The molecule has 1 aliphatic rings. The number of rotatable bonds is 3. The Morgan fingerprint density at radius 3 is 2.45 bits per heavy atom. The maximum atomic E-state index is 11.8. The van der Waals surface area contributed by atoms with Crippen LogP contribution in [0.15, 0.2) is 22.3 Å². The molecule has 106 valence electrons. The number of ether oxygens (including phenoxy) is 2. The lowest BCUT2D eigenvalue weighted by molar-refractivity contribution is -0.121. The molecule has 0 atom stereocenters. The lowest BCUT2D eigenvalue weighted by Gasteiger charge is -2.10. The van der Waals surface area contributed by atoms with Crippen molar-refractivity contribution >= 4 is 33.9 Å². The Bertz CT molecular complexity index is 613. The zero-order chi connectivity index (χ0) is 14.9. The monoisotopic (exact) mass is 340 g/mol. The van der Waals surface area contributed by atoms with E-state index in [1.165, 1.54) is 21.3 Å². The molecule has 0 bridgehead atoms. The van der Waals surface area contributed by atoms with Gasteiger partial charge in [-0.3, -0.25) is 9.69 Å². The fraction of sp³-hybridized carbons (Fsp3) is 0.231. The Kier molecular flexibility index (Phi) is 3.99. The Balaban J connectivity index is 2.42. The lowest BCUT2D eigenvalue weighted by Crippen LogP contribution is -2.25. The van der Waals surface area contributed by atoms with Crippen molar-refractivity contribution in [1.29, 1.82) is 0 Å². The largest absolute Gasteiger partial charge is 0.493 e. The van der Waals surface area contributed by atoms with Gasteiger partial charge in [0.15, 0.2) is 11.5 Å². The van der Waals surface area contributed by atoms with Gasteiger partial charge in [0.1, 0.15) is 5.70 Å². The topological polar surface area (TPSA) is 67.9 Å². The average Bonchev–Trinajstić information content (AvgIpc) is 2.65. The second-order valence-corrected chi connectivity index (χ2v) is 4.94. The van der Waals surface area contributed by atoms with Crippen LogP contribution >= 0.6 is 15.9 Å². The van der Waals surface area contributed by atoms with Crippen LogP contribution in [-0.2, 0) is 4.79 Å². The average molecular weight is 341 g/mol. The lowest BCUT2D eigenvalue weighted by atomic mass is 10.1. The van der Waals surface area contributed by atoms with Crippen molar-refractivity contribution in [3.05, 3.63) is 27.9 Å². The number of nitrogens with one attached hydrogen (secondary N) is 1. The second kappa shape index (κ2) is 5.54. The van der Waals surface area contributed by atoms with Crippen molar-refractivity contribution in [2.45, 2.75) is 0 Å². The molecule has 1 aliphatic heterocycles. The van der Waals surface area contributed by atoms with Crippen LogP contribution in [0.5, 0.6) is 11.5 Å². The van der Waals surface area contributed by atoms with E-state index in [9.17, 15) is 9.59 Å². The van der Waals surface area contributed by atoms with E-state index < -0.39 is 6.03 Å². The van der Waals surface area contributed by atoms with E-state index in [2.05, 4.69) is 21.2 Å². The molecule has 7 heteroatoms. The van der Waals surface area contributed by atoms with Gasteiger partial charge < -0.3 is 14.8 Å². The molecule has 0 spiro atoms. The van der Waals surface area contributed by atoms with Crippen LogP contribution in [0.2, 0.25) is 0 Å². The number of nitrogens with zero attached hydrogens (tertiary/aromatic N) is 1. The van der Waals surface area contributed by atoms with E-state index >= 15 is 0 Å².